The van der Waals surface area contributed by atoms with Crippen LogP contribution in [0.4, 0.5) is 0 Å². The highest BCUT2D eigenvalue weighted by molar-refractivity contribution is 6.12. The van der Waals surface area contributed by atoms with Gasteiger partial charge in [-0.15, -0.1) is 0 Å². The Balaban J connectivity index is 1.41. The van der Waals surface area contributed by atoms with Gasteiger partial charge in [0.15, 0.2) is 0 Å². The van der Waals surface area contributed by atoms with Crippen LogP contribution in [0.25, 0.3) is 0 Å². The minimum atomic E-state index is 0.534. The molecule has 2 fully saturated rings. The highest BCUT2D eigenvalue weighted by Crippen LogP contribution is 2.39. The Hall–Kier alpha value is -1.44. The minimum absolute atomic E-state index is 0.534. The van der Waals surface area contributed by atoms with Crippen LogP contribution in [0.15, 0.2) is 40.3 Å². The van der Waals surface area contributed by atoms with Gasteiger partial charge >= 0.3 is 0 Å². The predicted octanol–water partition coefficient (Wildman–Crippen LogP) is 6.24. The van der Waals surface area contributed by atoms with Gasteiger partial charge in [-0.3, -0.25) is 9.98 Å². The van der Waals surface area contributed by atoms with Crippen molar-refractivity contribution in [1.29, 1.82) is 0 Å². The van der Waals surface area contributed by atoms with Gasteiger partial charge in [-0.25, -0.2) is 0 Å². The number of benzene rings is 1. The number of aliphatic imine (C=N–C) groups is 2. The number of hydrogen-bond acceptors (Lipinski definition) is 2. The molecule has 1 aromatic rings. The molecule has 0 atom stereocenters. The van der Waals surface area contributed by atoms with Gasteiger partial charge in [0.05, 0.1) is 6.04 Å². The number of nitrogens with zero attached hydrogens (tertiary/aromatic N) is 2. The van der Waals surface area contributed by atoms with Crippen molar-refractivity contribution in [3.05, 3.63) is 35.9 Å². The second-order valence-electron chi connectivity index (χ2n) is 8.64. The molecule has 0 N–H and O–H groups in total. The summed E-state index contributed by atoms with van der Waals surface area (Å²) in [4.78, 5) is 9.99. The van der Waals surface area contributed by atoms with Gasteiger partial charge in [-0.1, -0.05) is 62.4 Å². The summed E-state index contributed by atoms with van der Waals surface area (Å²) < 4.78 is 0. The number of hydrogen-bond donors (Lipinski definition) is 0. The van der Waals surface area contributed by atoms with Crippen molar-refractivity contribution in [1.82, 2.24) is 0 Å². The van der Waals surface area contributed by atoms with E-state index in [4.69, 9.17) is 9.98 Å². The van der Waals surface area contributed by atoms with Crippen LogP contribution in [0.1, 0.15) is 82.6 Å². The lowest BCUT2D eigenvalue weighted by molar-refractivity contribution is 0.187. The van der Waals surface area contributed by atoms with Crippen molar-refractivity contribution in [2.75, 3.05) is 6.54 Å². The van der Waals surface area contributed by atoms with Crippen molar-refractivity contribution < 1.29 is 0 Å². The third-order valence-electron chi connectivity index (χ3n) is 6.83. The van der Waals surface area contributed by atoms with Crippen LogP contribution >= 0.6 is 0 Å². The van der Waals surface area contributed by atoms with Gasteiger partial charge in [0.1, 0.15) is 0 Å². The molecule has 0 bridgehead atoms. The summed E-state index contributed by atoms with van der Waals surface area (Å²) in [6.07, 6.45) is 16.2. The van der Waals surface area contributed by atoms with Crippen LogP contribution in [0.5, 0.6) is 0 Å². The molecule has 2 saturated carbocycles. The first kappa shape index (κ1) is 17.9. The molecule has 2 heteroatoms. The summed E-state index contributed by atoms with van der Waals surface area (Å²) in [5, 5.41) is 0. The van der Waals surface area contributed by atoms with Crippen molar-refractivity contribution in [3.63, 3.8) is 0 Å². The lowest BCUT2D eigenvalue weighted by atomic mass is 9.72. The maximum Gasteiger partial charge on any atom is 0.0503 e. The molecule has 1 heterocycles. The Bertz CT molecular complexity index is 617. The van der Waals surface area contributed by atoms with E-state index in [1.807, 2.05) is 0 Å². The molecule has 0 saturated heterocycles. The van der Waals surface area contributed by atoms with Gasteiger partial charge in [-0.05, 0) is 55.9 Å². The van der Waals surface area contributed by atoms with Crippen molar-refractivity contribution >= 4 is 11.4 Å². The van der Waals surface area contributed by atoms with Gasteiger partial charge in [-0.2, -0.15) is 0 Å². The van der Waals surface area contributed by atoms with Crippen molar-refractivity contribution in [2.45, 2.75) is 83.1 Å². The van der Waals surface area contributed by atoms with Crippen molar-refractivity contribution in [3.8, 4) is 0 Å². The average molecular weight is 351 g/mol. The molecule has 1 aliphatic heterocycles. The zero-order chi connectivity index (χ0) is 17.6. The Morgan fingerprint density at radius 3 is 2.27 bits per heavy atom. The molecular formula is C24H34N2. The van der Waals surface area contributed by atoms with Crippen LogP contribution in [0.3, 0.4) is 0 Å². The van der Waals surface area contributed by atoms with Gasteiger partial charge in [0.25, 0.3) is 0 Å². The Labute approximate surface area is 159 Å². The van der Waals surface area contributed by atoms with Crippen LogP contribution in [0.2, 0.25) is 0 Å². The highest BCUT2D eigenvalue weighted by Gasteiger charge is 2.28. The molecule has 2 nitrogen and oxygen atoms in total. The molecule has 0 unspecified atom stereocenters. The van der Waals surface area contributed by atoms with Crippen LogP contribution in [-0.4, -0.2) is 24.0 Å². The van der Waals surface area contributed by atoms with E-state index in [0.717, 1.165) is 24.8 Å². The van der Waals surface area contributed by atoms with Gasteiger partial charge < -0.3 is 0 Å². The molecule has 3 aliphatic rings. The van der Waals surface area contributed by atoms with Crippen molar-refractivity contribution in [2.24, 2.45) is 21.8 Å². The summed E-state index contributed by atoms with van der Waals surface area (Å²) in [7, 11) is 0. The van der Waals surface area contributed by atoms with E-state index in [1.165, 1.54) is 87.6 Å². The second-order valence-corrected chi connectivity index (χ2v) is 8.64. The maximum absolute atomic E-state index is 5.28. The fourth-order valence-corrected chi connectivity index (χ4v) is 5.32. The second kappa shape index (κ2) is 8.97. The van der Waals surface area contributed by atoms with E-state index in [2.05, 4.69) is 30.3 Å². The normalized spacial score (nSPS) is 28.2. The average Bonchev–Trinajstić information content (AvgIpc) is 3.23. The SMILES string of the molecule is c1ccc(C(CC2=NCCC2)=NC2CCC(C3CCCCC3)CC2)cc1. The molecule has 4 rings (SSSR count). The molecule has 140 valence electrons. The lowest BCUT2D eigenvalue weighted by Gasteiger charge is -2.35. The number of rotatable bonds is 5. The minimum Gasteiger partial charge on any atom is -0.294 e. The summed E-state index contributed by atoms with van der Waals surface area (Å²) >= 11 is 0. The molecule has 0 aromatic heterocycles. The van der Waals surface area contributed by atoms with E-state index >= 15 is 0 Å². The summed E-state index contributed by atoms with van der Waals surface area (Å²) in [5.74, 6) is 2.01. The van der Waals surface area contributed by atoms with E-state index in [9.17, 15) is 0 Å². The van der Waals surface area contributed by atoms with Gasteiger partial charge in [0, 0.05) is 24.4 Å². The molecule has 2 aliphatic carbocycles. The Morgan fingerprint density at radius 2 is 1.58 bits per heavy atom. The maximum atomic E-state index is 5.28. The van der Waals surface area contributed by atoms with Crippen LogP contribution in [0, 0.1) is 11.8 Å². The van der Waals surface area contributed by atoms with Gasteiger partial charge in [0.2, 0.25) is 0 Å². The summed E-state index contributed by atoms with van der Waals surface area (Å²) in [6, 6.07) is 11.4. The standard InChI is InChI=1S/C24H34N2/c1-3-8-19(9-4-1)20-13-15-22(16-14-20)26-24(18-23-12-7-17-25-23)21-10-5-2-6-11-21/h2,5-6,10-11,19-20,22H,1,3-4,7-9,12-18H2. The quantitative estimate of drug-likeness (QED) is 0.562. The third kappa shape index (κ3) is 4.64. The van der Waals surface area contributed by atoms with E-state index in [0.29, 0.717) is 6.04 Å². The van der Waals surface area contributed by atoms with Crippen LogP contribution in [-0.2, 0) is 0 Å². The largest absolute Gasteiger partial charge is 0.294 e. The first-order valence-corrected chi connectivity index (χ1v) is 11.0. The third-order valence-corrected chi connectivity index (χ3v) is 6.83. The predicted molar refractivity (Wildman–Crippen MR) is 111 cm³/mol. The Kier molecular flexibility index (Phi) is 6.19. The topological polar surface area (TPSA) is 24.7 Å². The van der Waals surface area contributed by atoms with E-state index < -0.39 is 0 Å². The zero-order valence-electron chi connectivity index (χ0n) is 16.2. The Morgan fingerprint density at radius 1 is 0.846 bits per heavy atom. The van der Waals surface area contributed by atoms with E-state index in [-0.39, 0.29) is 0 Å². The monoisotopic (exact) mass is 350 g/mol. The summed E-state index contributed by atoms with van der Waals surface area (Å²) in [6.45, 7) is 1.02. The molecule has 0 amide bonds. The highest BCUT2D eigenvalue weighted by atomic mass is 14.8. The molecule has 1 aromatic carbocycles. The lowest BCUT2D eigenvalue weighted by Crippen LogP contribution is -2.26. The first-order valence-electron chi connectivity index (χ1n) is 11.0. The molecule has 26 heavy (non-hydrogen) atoms. The summed E-state index contributed by atoms with van der Waals surface area (Å²) in [5.41, 5.74) is 3.95. The smallest absolute Gasteiger partial charge is 0.0503 e. The van der Waals surface area contributed by atoms with E-state index in [1.54, 1.807) is 0 Å². The van der Waals surface area contributed by atoms with Crippen LogP contribution < -0.4 is 0 Å². The zero-order valence-corrected chi connectivity index (χ0v) is 16.2. The molecule has 0 radical (unpaired) electrons. The fraction of sp³-hybridized carbons (Fsp3) is 0.667. The fourth-order valence-electron chi connectivity index (χ4n) is 5.32. The molecule has 0 spiro atoms. The molecular weight excluding hydrogens is 316 g/mol. The first-order chi connectivity index (χ1) is 12.9.